The number of anilines is 1. The van der Waals surface area contributed by atoms with Gasteiger partial charge in [-0.05, 0) is 72.8 Å². The molecule has 5 nitrogen and oxygen atoms in total. The lowest BCUT2D eigenvalue weighted by atomic mass is 10.2. The van der Waals surface area contributed by atoms with Gasteiger partial charge in [-0.1, -0.05) is 17.7 Å². The molecule has 0 unspecified atom stereocenters. The van der Waals surface area contributed by atoms with Gasteiger partial charge < -0.3 is 4.74 Å². The normalized spacial score (nSPS) is 11.3. The largest absolute Gasteiger partial charge is 0.457 e. The van der Waals surface area contributed by atoms with E-state index in [2.05, 4.69) is 9.71 Å². The number of sulfonamides is 1. The Balaban J connectivity index is 1.49. The highest BCUT2D eigenvalue weighted by atomic mass is 35.5. The molecule has 0 aliphatic rings. The molecule has 4 rings (SSSR count). The van der Waals surface area contributed by atoms with Crippen LogP contribution in [0.1, 0.15) is 0 Å². The van der Waals surface area contributed by atoms with Gasteiger partial charge in [-0.3, -0.25) is 9.71 Å². The lowest BCUT2D eigenvalue weighted by molar-refractivity contribution is 0.483. The summed E-state index contributed by atoms with van der Waals surface area (Å²) in [6.45, 7) is 0. The lowest BCUT2D eigenvalue weighted by Gasteiger charge is -2.10. The number of fused-ring (bicyclic) bond motifs is 1. The molecule has 4 aromatic rings. The minimum Gasteiger partial charge on any atom is -0.457 e. The van der Waals surface area contributed by atoms with Gasteiger partial charge in [0.15, 0.2) is 0 Å². The van der Waals surface area contributed by atoms with Crippen molar-refractivity contribution in [2.45, 2.75) is 4.90 Å². The van der Waals surface area contributed by atoms with Gasteiger partial charge in [0.1, 0.15) is 11.5 Å². The van der Waals surface area contributed by atoms with Crippen LogP contribution in [0.4, 0.5) is 5.69 Å². The Morgan fingerprint density at radius 1 is 0.857 bits per heavy atom. The Morgan fingerprint density at radius 2 is 1.57 bits per heavy atom. The van der Waals surface area contributed by atoms with E-state index in [1.807, 2.05) is 30.3 Å². The number of ether oxygens (including phenoxy) is 1. The molecule has 0 radical (unpaired) electrons. The number of nitrogens with zero attached hydrogens (tertiary/aromatic N) is 1. The molecule has 0 bridgehead atoms. The lowest BCUT2D eigenvalue weighted by Crippen LogP contribution is -2.12. The molecule has 7 heteroatoms. The maximum Gasteiger partial charge on any atom is 0.261 e. The van der Waals surface area contributed by atoms with Crippen LogP contribution in [0.25, 0.3) is 10.9 Å². The number of pyridine rings is 1. The number of hydrogen-bond donors (Lipinski definition) is 1. The summed E-state index contributed by atoms with van der Waals surface area (Å²) in [4.78, 5) is 4.42. The fourth-order valence-electron chi connectivity index (χ4n) is 2.67. The summed E-state index contributed by atoms with van der Waals surface area (Å²) in [6, 6.07) is 22.1. The molecule has 0 spiro atoms. The van der Waals surface area contributed by atoms with Crippen molar-refractivity contribution in [2.24, 2.45) is 0 Å². The van der Waals surface area contributed by atoms with Crippen molar-refractivity contribution in [3.8, 4) is 11.5 Å². The van der Waals surface area contributed by atoms with E-state index in [1.54, 1.807) is 30.5 Å². The van der Waals surface area contributed by atoms with Crippen molar-refractivity contribution in [2.75, 3.05) is 4.72 Å². The van der Waals surface area contributed by atoms with Gasteiger partial charge in [-0.2, -0.15) is 0 Å². The zero-order chi connectivity index (χ0) is 19.6. The van der Waals surface area contributed by atoms with Gasteiger partial charge in [0.2, 0.25) is 0 Å². The average Bonchev–Trinajstić information content (AvgIpc) is 2.69. The monoisotopic (exact) mass is 410 g/mol. The second-order valence-electron chi connectivity index (χ2n) is 6.04. The minimum atomic E-state index is -3.68. The fourth-order valence-corrected chi connectivity index (χ4v) is 3.86. The van der Waals surface area contributed by atoms with Crippen LogP contribution in [-0.4, -0.2) is 13.4 Å². The summed E-state index contributed by atoms with van der Waals surface area (Å²) in [5.74, 6) is 1.27. The fraction of sp³-hybridized carbons (Fsp3) is 0. The van der Waals surface area contributed by atoms with E-state index in [9.17, 15) is 8.42 Å². The molecule has 0 saturated heterocycles. The van der Waals surface area contributed by atoms with Gasteiger partial charge in [-0.15, -0.1) is 0 Å². The van der Waals surface area contributed by atoms with Crippen molar-refractivity contribution < 1.29 is 13.2 Å². The summed E-state index contributed by atoms with van der Waals surface area (Å²) in [5, 5.41) is 1.46. The predicted octanol–water partition coefficient (Wildman–Crippen LogP) is 5.48. The number of halogens is 1. The van der Waals surface area contributed by atoms with Gasteiger partial charge >= 0.3 is 0 Å². The zero-order valence-corrected chi connectivity index (χ0v) is 16.1. The number of nitrogens with one attached hydrogen (secondary N) is 1. The van der Waals surface area contributed by atoms with Crippen LogP contribution in [0.5, 0.6) is 11.5 Å². The van der Waals surface area contributed by atoms with Crippen LogP contribution < -0.4 is 9.46 Å². The van der Waals surface area contributed by atoms with E-state index >= 15 is 0 Å². The number of benzene rings is 3. The van der Waals surface area contributed by atoms with Crippen molar-refractivity contribution in [3.63, 3.8) is 0 Å². The summed E-state index contributed by atoms with van der Waals surface area (Å²) in [5.41, 5.74) is 1.33. The van der Waals surface area contributed by atoms with Crippen molar-refractivity contribution in [1.29, 1.82) is 0 Å². The highest BCUT2D eigenvalue weighted by Gasteiger charge is 2.14. The Hall–Kier alpha value is -3.09. The zero-order valence-electron chi connectivity index (χ0n) is 14.5. The van der Waals surface area contributed by atoms with Crippen LogP contribution in [-0.2, 0) is 10.0 Å². The molecule has 0 atom stereocenters. The average molecular weight is 411 g/mol. The van der Waals surface area contributed by atoms with Crippen molar-refractivity contribution in [3.05, 3.63) is 90.1 Å². The van der Waals surface area contributed by atoms with E-state index in [0.717, 1.165) is 10.9 Å². The smallest absolute Gasteiger partial charge is 0.261 e. The third-order valence-electron chi connectivity index (χ3n) is 4.04. The molecule has 1 N–H and O–H groups in total. The van der Waals surface area contributed by atoms with Crippen LogP contribution in [0, 0.1) is 0 Å². The Labute approximate surface area is 167 Å². The predicted molar refractivity (Wildman–Crippen MR) is 111 cm³/mol. The van der Waals surface area contributed by atoms with Crippen LogP contribution in [0.3, 0.4) is 0 Å². The third-order valence-corrected chi connectivity index (χ3v) is 5.69. The van der Waals surface area contributed by atoms with Crippen LogP contribution in [0.2, 0.25) is 5.02 Å². The molecule has 0 aliphatic heterocycles. The molecule has 28 heavy (non-hydrogen) atoms. The highest BCUT2D eigenvalue weighted by Crippen LogP contribution is 2.26. The quantitative estimate of drug-likeness (QED) is 0.473. The second-order valence-corrected chi connectivity index (χ2v) is 8.16. The molecule has 0 aliphatic carbocycles. The molecule has 3 aromatic carbocycles. The Bertz CT molecular complexity index is 1220. The first-order valence-electron chi connectivity index (χ1n) is 8.41. The molecular formula is C21H15ClN2O3S. The Kier molecular flexibility index (Phi) is 4.90. The maximum absolute atomic E-state index is 12.4. The molecule has 140 valence electrons. The van der Waals surface area contributed by atoms with Crippen LogP contribution >= 0.6 is 11.6 Å². The molecule has 0 amide bonds. The van der Waals surface area contributed by atoms with Crippen molar-refractivity contribution in [1.82, 2.24) is 4.98 Å². The first kappa shape index (κ1) is 18.3. The minimum absolute atomic E-state index is 0.141. The van der Waals surface area contributed by atoms with Gasteiger partial charge in [0, 0.05) is 22.3 Å². The first-order chi connectivity index (χ1) is 13.5. The number of rotatable bonds is 5. The summed E-state index contributed by atoms with van der Waals surface area (Å²) < 4.78 is 33.2. The highest BCUT2D eigenvalue weighted by molar-refractivity contribution is 7.92. The van der Waals surface area contributed by atoms with E-state index < -0.39 is 10.0 Å². The molecular weight excluding hydrogens is 396 g/mol. The van der Waals surface area contributed by atoms with Crippen molar-refractivity contribution >= 4 is 38.2 Å². The van der Waals surface area contributed by atoms with E-state index in [1.165, 1.54) is 24.3 Å². The van der Waals surface area contributed by atoms with Gasteiger partial charge in [0.25, 0.3) is 10.0 Å². The molecule has 0 fully saturated rings. The number of aromatic nitrogens is 1. The number of hydrogen-bond acceptors (Lipinski definition) is 4. The standard InChI is InChI=1S/C21H15ClN2O3S/c22-16-3-10-20(11-4-16)28(25,26)24-17-5-7-18(8-6-17)27-19-9-12-21-15(14-19)2-1-13-23-21/h1-14,24H. The second kappa shape index (κ2) is 7.50. The molecule has 0 saturated carbocycles. The summed E-state index contributed by atoms with van der Waals surface area (Å²) >= 11 is 5.81. The molecule has 1 aromatic heterocycles. The summed E-state index contributed by atoms with van der Waals surface area (Å²) in [6.07, 6.45) is 1.74. The molecule has 1 heterocycles. The first-order valence-corrected chi connectivity index (χ1v) is 10.3. The van der Waals surface area contributed by atoms with Crippen LogP contribution in [0.15, 0.2) is 90.0 Å². The third kappa shape index (κ3) is 4.08. The maximum atomic E-state index is 12.4. The van der Waals surface area contributed by atoms with E-state index in [-0.39, 0.29) is 4.90 Å². The SMILES string of the molecule is O=S(=O)(Nc1ccc(Oc2ccc3ncccc3c2)cc1)c1ccc(Cl)cc1. The van der Waals surface area contributed by atoms with Gasteiger partial charge in [-0.25, -0.2) is 8.42 Å². The van der Waals surface area contributed by atoms with E-state index in [4.69, 9.17) is 16.3 Å². The Morgan fingerprint density at radius 3 is 2.32 bits per heavy atom. The topological polar surface area (TPSA) is 68.3 Å². The summed E-state index contributed by atoms with van der Waals surface area (Å²) in [7, 11) is -3.68. The van der Waals surface area contributed by atoms with Gasteiger partial charge in [0.05, 0.1) is 10.4 Å². The van der Waals surface area contributed by atoms with E-state index in [0.29, 0.717) is 22.2 Å².